The Hall–Kier alpha value is -0.960. The number of quaternary nitrogens is 1. The van der Waals surface area contributed by atoms with Crippen molar-refractivity contribution in [2.24, 2.45) is 5.73 Å². The fraction of sp³-hybridized carbons (Fsp3) is 0.556. The number of rotatable bonds is 5. The van der Waals surface area contributed by atoms with Gasteiger partial charge in [0.1, 0.15) is 0 Å². The van der Waals surface area contributed by atoms with Crippen LogP contribution in [0.3, 0.4) is 0 Å². The first-order chi connectivity index (χ1) is 5.63. The van der Waals surface area contributed by atoms with Gasteiger partial charge in [0.2, 0.25) is 0 Å². The standard InChI is InChI=1S/C9H19N3/c1-4-6-12-7(3)9(11)8(10)5-2/h12H,3-6,10-11H2,1-2H3/p+1/b9-8-. The van der Waals surface area contributed by atoms with Crippen molar-refractivity contribution < 1.29 is 5.73 Å². The first kappa shape index (κ1) is 11.0. The van der Waals surface area contributed by atoms with Crippen LogP contribution in [-0.4, -0.2) is 6.54 Å². The van der Waals surface area contributed by atoms with E-state index in [0.29, 0.717) is 0 Å². The van der Waals surface area contributed by atoms with Crippen molar-refractivity contribution in [1.82, 2.24) is 5.32 Å². The summed E-state index contributed by atoms with van der Waals surface area (Å²) in [4.78, 5) is 0. The minimum Gasteiger partial charge on any atom is -0.397 e. The van der Waals surface area contributed by atoms with Crippen LogP contribution in [0.5, 0.6) is 0 Å². The average Bonchev–Trinajstić information content (AvgIpc) is 2.11. The first-order valence-electron chi connectivity index (χ1n) is 4.37. The van der Waals surface area contributed by atoms with Crippen molar-refractivity contribution in [2.75, 3.05) is 6.54 Å². The summed E-state index contributed by atoms with van der Waals surface area (Å²) >= 11 is 0. The Kier molecular flexibility index (Phi) is 5.21. The molecule has 3 heteroatoms. The quantitative estimate of drug-likeness (QED) is 0.520. The molecule has 0 radical (unpaired) electrons. The molecule has 6 N–H and O–H groups in total. The monoisotopic (exact) mass is 170 g/mol. The molecule has 12 heavy (non-hydrogen) atoms. The summed E-state index contributed by atoms with van der Waals surface area (Å²) in [5, 5.41) is 3.15. The van der Waals surface area contributed by atoms with Crippen molar-refractivity contribution in [3.63, 3.8) is 0 Å². The van der Waals surface area contributed by atoms with Crippen LogP contribution in [0.15, 0.2) is 23.7 Å². The largest absolute Gasteiger partial charge is 0.397 e. The summed E-state index contributed by atoms with van der Waals surface area (Å²) in [5.74, 6) is 0. The average molecular weight is 170 g/mol. The number of nitrogens with one attached hydrogen (secondary N) is 1. The zero-order valence-electron chi connectivity index (χ0n) is 8.11. The van der Waals surface area contributed by atoms with Gasteiger partial charge in [0.15, 0.2) is 5.70 Å². The minimum absolute atomic E-state index is 0.809. The maximum Gasteiger partial charge on any atom is 0.169 e. The van der Waals surface area contributed by atoms with Gasteiger partial charge in [0.05, 0.1) is 11.4 Å². The zero-order valence-corrected chi connectivity index (χ0v) is 8.11. The fourth-order valence-electron chi connectivity index (χ4n) is 0.790. The second kappa shape index (κ2) is 5.66. The van der Waals surface area contributed by atoms with Crippen molar-refractivity contribution in [3.8, 4) is 0 Å². The number of nitrogens with two attached hydrogens (primary N) is 1. The molecule has 0 saturated carbocycles. The van der Waals surface area contributed by atoms with Crippen molar-refractivity contribution in [2.45, 2.75) is 26.7 Å². The number of hydrogen-bond donors (Lipinski definition) is 3. The molecular weight excluding hydrogens is 150 g/mol. The van der Waals surface area contributed by atoms with Gasteiger partial charge >= 0.3 is 0 Å². The molecule has 0 aromatic rings. The van der Waals surface area contributed by atoms with Crippen LogP contribution in [0.2, 0.25) is 0 Å². The zero-order chi connectivity index (χ0) is 9.56. The van der Waals surface area contributed by atoms with E-state index in [1.807, 2.05) is 6.92 Å². The Bertz CT molecular complexity index is 182. The Balaban J connectivity index is 4.09. The fourth-order valence-corrected chi connectivity index (χ4v) is 0.790. The number of allylic oxidation sites excluding steroid dienone is 1. The third-order valence-corrected chi connectivity index (χ3v) is 1.72. The van der Waals surface area contributed by atoms with Crippen LogP contribution < -0.4 is 16.8 Å². The number of hydrogen-bond acceptors (Lipinski definition) is 2. The van der Waals surface area contributed by atoms with Gasteiger partial charge in [-0.05, 0) is 12.8 Å². The summed E-state index contributed by atoms with van der Waals surface area (Å²) in [6.07, 6.45) is 1.91. The predicted molar refractivity (Wildman–Crippen MR) is 51.8 cm³/mol. The highest BCUT2D eigenvalue weighted by atomic mass is 14.9. The molecule has 0 unspecified atom stereocenters. The lowest BCUT2D eigenvalue weighted by Gasteiger charge is -2.07. The molecule has 0 rings (SSSR count). The van der Waals surface area contributed by atoms with Gasteiger partial charge in [-0.25, -0.2) is 0 Å². The maximum absolute atomic E-state index is 5.71. The van der Waals surface area contributed by atoms with Crippen LogP contribution in [0.25, 0.3) is 0 Å². The Morgan fingerprint density at radius 1 is 1.50 bits per heavy atom. The van der Waals surface area contributed by atoms with E-state index in [0.717, 1.165) is 36.5 Å². The van der Waals surface area contributed by atoms with Gasteiger partial charge in [-0.2, -0.15) is 0 Å². The van der Waals surface area contributed by atoms with Gasteiger partial charge in [0.25, 0.3) is 0 Å². The molecule has 0 spiro atoms. The molecular formula is C9H20N3+. The van der Waals surface area contributed by atoms with Gasteiger partial charge < -0.3 is 16.8 Å². The van der Waals surface area contributed by atoms with E-state index in [-0.39, 0.29) is 0 Å². The lowest BCUT2D eigenvalue weighted by molar-refractivity contribution is -0.300. The molecule has 0 fully saturated rings. The molecule has 0 saturated heterocycles. The normalized spacial score (nSPS) is 12.2. The van der Waals surface area contributed by atoms with Crippen LogP contribution in [0, 0.1) is 0 Å². The highest BCUT2D eigenvalue weighted by Gasteiger charge is 2.04. The summed E-state index contributed by atoms with van der Waals surface area (Å²) in [5.41, 5.74) is 12.1. The summed E-state index contributed by atoms with van der Waals surface area (Å²) in [6, 6.07) is 0. The molecule has 0 aromatic heterocycles. The minimum atomic E-state index is 0.809. The first-order valence-corrected chi connectivity index (χ1v) is 4.37. The molecule has 0 amide bonds. The van der Waals surface area contributed by atoms with Crippen molar-refractivity contribution in [3.05, 3.63) is 23.7 Å². The third kappa shape index (κ3) is 3.44. The maximum atomic E-state index is 5.71. The van der Waals surface area contributed by atoms with E-state index in [4.69, 9.17) is 5.73 Å². The molecule has 0 atom stereocenters. The van der Waals surface area contributed by atoms with Gasteiger partial charge in [-0.1, -0.05) is 20.4 Å². The molecule has 0 heterocycles. The summed E-state index contributed by atoms with van der Waals surface area (Å²) < 4.78 is 0. The van der Waals surface area contributed by atoms with E-state index < -0.39 is 0 Å². The van der Waals surface area contributed by atoms with Crippen LogP contribution in [0.4, 0.5) is 0 Å². The third-order valence-electron chi connectivity index (χ3n) is 1.72. The van der Waals surface area contributed by atoms with E-state index in [2.05, 4.69) is 24.6 Å². The van der Waals surface area contributed by atoms with E-state index in [1.165, 1.54) is 0 Å². The second-order valence-electron chi connectivity index (χ2n) is 2.76. The van der Waals surface area contributed by atoms with Crippen molar-refractivity contribution in [1.29, 1.82) is 0 Å². The highest BCUT2D eigenvalue weighted by molar-refractivity contribution is 5.22. The van der Waals surface area contributed by atoms with Crippen LogP contribution in [0.1, 0.15) is 26.7 Å². The Morgan fingerprint density at radius 2 is 2.08 bits per heavy atom. The van der Waals surface area contributed by atoms with E-state index in [1.54, 1.807) is 0 Å². The van der Waals surface area contributed by atoms with Gasteiger partial charge in [-0.15, -0.1) is 0 Å². The van der Waals surface area contributed by atoms with Crippen LogP contribution >= 0.6 is 0 Å². The molecule has 0 aliphatic carbocycles. The highest BCUT2D eigenvalue weighted by Crippen LogP contribution is 2.01. The topological polar surface area (TPSA) is 65.7 Å². The lowest BCUT2D eigenvalue weighted by atomic mass is 10.2. The molecule has 0 aromatic carbocycles. The molecule has 70 valence electrons. The molecule has 3 nitrogen and oxygen atoms in total. The molecule has 0 bridgehead atoms. The summed E-state index contributed by atoms with van der Waals surface area (Å²) in [6.45, 7) is 8.89. The van der Waals surface area contributed by atoms with Gasteiger partial charge in [-0.3, -0.25) is 0 Å². The SMILES string of the molecule is C=C(NCCC)/C([NH3+])=C(/N)CC. The van der Waals surface area contributed by atoms with Crippen LogP contribution in [-0.2, 0) is 0 Å². The van der Waals surface area contributed by atoms with E-state index >= 15 is 0 Å². The van der Waals surface area contributed by atoms with Crippen molar-refractivity contribution >= 4 is 0 Å². The van der Waals surface area contributed by atoms with Gasteiger partial charge in [0, 0.05) is 6.54 Å². The summed E-state index contributed by atoms with van der Waals surface area (Å²) in [7, 11) is 0. The predicted octanol–water partition coefficient (Wildman–Crippen LogP) is 0.322. The molecule has 0 aliphatic rings. The molecule has 0 aliphatic heterocycles. The Labute approximate surface area is 74.5 Å². The Morgan fingerprint density at radius 3 is 2.50 bits per heavy atom. The second-order valence-corrected chi connectivity index (χ2v) is 2.76. The van der Waals surface area contributed by atoms with E-state index in [9.17, 15) is 0 Å². The lowest BCUT2D eigenvalue weighted by Crippen LogP contribution is -2.52. The smallest absolute Gasteiger partial charge is 0.169 e.